The summed E-state index contributed by atoms with van der Waals surface area (Å²) in [7, 11) is 0. The molecule has 6 nitrogen and oxygen atoms in total. The van der Waals surface area contributed by atoms with E-state index in [2.05, 4.69) is 4.98 Å². The Labute approximate surface area is 163 Å². The van der Waals surface area contributed by atoms with Crippen molar-refractivity contribution in [2.24, 2.45) is 0 Å². The van der Waals surface area contributed by atoms with Gasteiger partial charge in [-0.1, -0.05) is 17.7 Å². The molecular formula is C17H11ClF3N3O3S. The van der Waals surface area contributed by atoms with Crippen LogP contribution in [0, 0.1) is 0 Å². The van der Waals surface area contributed by atoms with E-state index >= 15 is 0 Å². The largest absolute Gasteiger partial charge is 0.417 e. The second kappa shape index (κ2) is 6.56. The standard InChI is InChI=1S/C17H11ClF3N3O3S/c18-12-10(17(19,20)21)5-9-13-14(12)28-7-8(23-4-2-1-3-11(23)25)6-24(13)16(27)22-15(9)26/h1-5,8H,6-7H2,(H,22,26,27)/t8-/m0/s1. The van der Waals surface area contributed by atoms with Gasteiger partial charge in [0.15, 0.2) is 0 Å². The molecule has 0 fully saturated rings. The molecule has 1 aromatic carbocycles. The van der Waals surface area contributed by atoms with Crippen LogP contribution in [0.5, 0.6) is 0 Å². The van der Waals surface area contributed by atoms with Crippen molar-refractivity contribution in [2.75, 3.05) is 5.75 Å². The average molecular weight is 430 g/mol. The molecule has 0 unspecified atom stereocenters. The van der Waals surface area contributed by atoms with Crippen LogP contribution in [0.25, 0.3) is 10.9 Å². The van der Waals surface area contributed by atoms with Gasteiger partial charge in [-0.15, -0.1) is 11.8 Å². The van der Waals surface area contributed by atoms with Gasteiger partial charge in [0.25, 0.3) is 11.1 Å². The van der Waals surface area contributed by atoms with E-state index in [9.17, 15) is 27.6 Å². The lowest BCUT2D eigenvalue weighted by molar-refractivity contribution is -0.137. The number of rotatable bonds is 1. The molecule has 3 heterocycles. The normalized spacial score (nSPS) is 16.9. The quantitative estimate of drug-likeness (QED) is 0.645. The Kier molecular flexibility index (Phi) is 4.42. The Morgan fingerprint density at radius 3 is 2.64 bits per heavy atom. The van der Waals surface area contributed by atoms with Crippen LogP contribution in [0.15, 0.2) is 49.7 Å². The van der Waals surface area contributed by atoms with Crippen LogP contribution in [0.4, 0.5) is 13.2 Å². The molecule has 1 aliphatic rings. The number of pyridine rings is 1. The van der Waals surface area contributed by atoms with Gasteiger partial charge in [0, 0.05) is 24.6 Å². The van der Waals surface area contributed by atoms with Gasteiger partial charge >= 0.3 is 11.9 Å². The van der Waals surface area contributed by atoms with E-state index < -0.39 is 34.1 Å². The summed E-state index contributed by atoms with van der Waals surface area (Å²) in [6, 6.07) is 4.69. The Morgan fingerprint density at radius 2 is 1.96 bits per heavy atom. The maximum absolute atomic E-state index is 13.4. The Balaban J connectivity index is 2.03. The van der Waals surface area contributed by atoms with Crippen LogP contribution in [0.3, 0.4) is 0 Å². The monoisotopic (exact) mass is 429 g/mol. The zero-order valence-electron chi connectivity index (χ0n) is 13.9. The smallest absolute Gasteiger partial charge is 0.310 e. The third-order valence-corrected chi connectivity index (χ3v) is 6.28. The van der Waals surface area contributed by atoms with E-state index in [4.69, 9.17) is 11.6 Å². The van der Waals surface area contributed by atoms with Crippen molar-refractivity contribution in [3.05, 3.63) is 72.2 Å². The minimum absolute atomic E-state index is 0.00108. The molecule has 0 radical (unpaired) electrons. The van der Waals surface area contributed by atoms with Gasteiger partial charge in [-0.2, -0.15) is 13.2 Å². The Hall–Kier alpha value is -2.46. The van der Waals surface area contributed by atoms with Crippen molar-refractivity contribution in [1.29, 1.82) is 0 Å². The number of aromatic nitrogens is 3. The first-order valence-electron chi connectivity index (χ1n) is 8.05. The molecule has 28 heavy (non-hydrogen) atoms. The van der Waals surface area contributed by atoms with E-state index in [0.29, 0.717) is 6.07 Å². The molecule has 2 aromatic heterocycles. The number of aromatic amines is 1. The lowest BCUT2D eigenvalue weighted by Crippen LogP contribution is -2.35. The third-order valence-electron chi connectivity index (χ3n) is 4.54. The van der Waals surface area contributed by atoms with Crippen LogP contribution in [0.1, 0.15) is 11.6 Å². The molecular weight excluding hydrogens is 419 g/mol. The number of nitrogens with one attached hydrogen (secondary N) is 1. The molecule has 4 rings (SSSR count). The zero-order chi connectivity index (χ0) is 20.2. The molecule has 146 valence electrons. The molecule has 1 aliphatic heterocycles. The number of halogens is 4. The molecule has 0 spiro atoms. The van der Waals surface area contributed by atoms with Crippen LogP contribution < -0.4 is 16.8 Å². The van der Waals surface area contributed by atoms with Gasteiger partial charge in [0.2, 0.25) is 0 Å². The van der Waals surface area contributed by atoms with E-state index in [1.807, 2.05) is 0 Å². The molecule has 3 aromatic rings. The number of H-pyrrole nitrogens is 1. The van der Waals surface area contributed by atoms with Crippen molar-refractivity contribution in [3.63, 3.8) is 0 Å². The van der Waals surface area contributed by atoms with E-state index in [-0.39, 0.29) is 33.7 Å². The molecule has 0 bridgehead atoms. The van der Waals surface area contributed by atoms with Gasteiger partial charge in [0.1, 0.15) is 0 Å². The van der Waals surface area contributed by atoms with Crippen LogP contribution >= 0.6 is 23.4 Å². The molecule has 0 saturated heterocycles. The fourth-order valence-corrected chi connectivity index (χ4v) is 4.90. The highest BCUT2D eigenvalue weighted by Crippen LogP contribution is 2.44. The maximum atomic E-state index is 13.4. The van der Waals surface area contributed by atoms with Gasteiger partial charge in [-0.25, -0.2) is 4.79 Å². The lowest BCUT2D eigenvalue weighted by atomic mass is 10.1. The van der Waals surface area contributed by atoms with Gasteiger partial charge in [-0.05, 0) is 12.1 Å². The number of hydrogen-bond donors (Lipinski definition) is 1. The van der Waals surface area contributed by atoms with Crippen molar-refractivity contribution in [1.82, 2.24) is 14.1 Å². The van der Waals surface area contributed by atoms with Crippen molar-refractivity contribution in [2.45, 2.75) is 23.7 Å². The van der Waals surface area contributed by atoms with E-state index in [0.717, 1.165) is 11.8 Å². The molecule has 0 saturated carbocycles. The predicted octanol–water partition coefficient (Wildman–Crippen LogP) is 2.87. The first kappa shape index (κ1) is 18.9. The summed E-state index contributed by atoms with van der Waals surface area (Å²) in [6.45, 7) is -0.00226. The Bertz CT molecular complexity index is 1280. The number of hydrogen-bond acceptors (Lipinski definition) is 4. The van der Waals surface area contributed by atoms with Crippen molar-refractivity contribution in [3.8, 4) is 0 Å². The molecule has 1 N–H and O–H groups in total. The molecule has 0 aliphatic carbocycles. The number of benzene rings is 1. The molecule has 0 amide bonds. The highest BCUT2D eigenvalue weighted by molar-refractivity contribution is 7.99. The fourth-order valence-electron chi connectivity index (χ4n) is 3.26. The molecule has 11 heteroatoms. The Morgan fingerprint density at radius 1 is 1.21 bits per heavy atom. The number of nitrogens with zero attached hydrogens (tertiary/aromatic N) is 2. The van der Waals surface area contributed by atoms with Gasteiger partial charge in [-0.3, -0.25) is 19.1 Å². The summed E-state index contributed by atoms with van der Waals surface area (Å²) in [6.07, 6.45) is -3.22. The van der Waals surface area contributed by atoms with Crippen LogP contribution in [-0.4, -0.2) is 19.9 Å². The minimum Gasteiger partial charge on any atom is -0.310 e. The second-order valence-corrected chi connectivity index (χ2v) is 7.65. The summed E-state index contributed by atoms with van der Waals surface area (Å²) in [4.78, 5) is 38.9. The highest BCUT2D eigenvalue weighted by atomic mass is 35.5. The summed E-state index contributed by atoms with van der Waals surface area (Å²) in [5.74, 6) is 0.190. The third kappa shape index (κ3) is 2.96. The van der Waals surface area contributed by atoms with Gasteiger partial charge < -0.3 is 4.57 Å². The number of thioether (sulfide) groups is 1. The van der Waals surface area contributed by atoms with Gasteiger partial charge in [0.05, 0.1) is 32.4 Å². The van der Waals surface area contributed by atoms with Crippen LogP contribution in [-0.2, 0) is 12.7 Å². The van der Waals surface area contributed by atoms with E-state index in [1.54, 1.807) is 18.3 Å². The van der Waals surface area contributed by atoms with E-state index in [1.165, 1.54) is 15.2 Å². The topological polar surface area (TPSA) is 76.9 Å². The average Bonchev–Trinajstić information content (AvgIpc) is 2.81. The summed E-state index contributed by atoms with van der Waals surface area (Å²) < 4.78 is 42.8. The summed E-state index contributed by atoms with van der Waals surface area (Å²) in [5.41, 5.74) is -3.10. The van der Waals surface area contributed by atoms with Crippen molar-refractivity contribution >= 4 is 34.3 Å². The van der Waals surface area contributed by atoms with Crippen molar-refractivity contribution < 1.29 is 13.2 Å². The second-order valence-electron chi connectivity index (χ2n) is 6.24. The first-order valence-corrected chi connectivity index (χ1v) is 9.41. The predicted molar refractivity (Wildman–Crippen MR) is 99.3 cm³/mol. The fraction of sp³-hybridized carbons (Fsp3) is 0.235. The van der Waals surface area contributed by atoms with Crippen LogP contribution in [0.2, 0.25) is 5.02 Å². The zero-order valence-corrected chi connectivity index (χ0v) is 15.5. The SMILES string of the molecule is O=c1[nH]c(=O)n2c3c(c(Cl)c(C(F)(F)F)cc13)SC[C@@H](n1ccccc1=O)C2. The summed E-state index contributed by atoms with van der Waals surface area (Å²) in [5, 5.41) is -0.843. The summed E-state index contributed by atoms with van der Waals surface area (Å²) >= 11 is 7.03. The minimum atomic E-state index is -4.77. The first-order chi connectivity index (χ1) is 13.2. The molecule has 1 atom stereocenters. The maximum Gasteiger partial charge on any atom is 0.417 e. The number of alkyl halides is 3. The lowest BCUT2D eigenvalue weighted by Gasteiger charge is -2.18. The highest BCUT2D eigenvalue weighted by Gasteiger charge is 2.37.